The number of rotatable bonds is 12. The fourth-order valence-corrected chi connectivity index (χ4v) is 1.38. The molecule has 0 bridgehead atoms. The van der Waals surface area contributed by atoms with Gasteiger partial charge in [0.15, 0.2) is 0 Å². The average Bonchev–Trinajstić information content (AvgIpc) is 2.50. The van der Waals surface area contributed by atoms with Gasteiger partial charge in [-0.25, -0.2) is 4.79 Å². The van der Waals surface area contributed by atoms with Crippen molar-refractivity contribution in [1.82, 2.24) is 0 Å². The summed E-state index contributed by atoms with van der Waals surface area (Å²) in [6.07, 6.45) is 2.80. The molecule has 0 saturated carbocycles. The average molecular weight is 363 g/mol. The van der Waals surface area contributed by atoms with Crippen LogP contribution in [0.4, 0.5) is 0 Å². The number of carbonyl (C=O) groups is 2. The second-order valence-electron chi connectivity index (χ2n) is 6.49. The molecule has 0 aliphatic rings. The molecular formula is C17H33NO7. The zero-order valence-corrected chi connectivity index (χ0v) is 15.7. The molecule has 0 aromatic heterocycles. The van der Waals surface area contributed by atoms with Crippen LogP contribution in [0.5, 0.6) is 0 Å². The Bertz CT molecular complexity index is 362. The second-order valence-corrected chi connectivity index (χ2v) is 6.49. The van der Waals surface area contributed by atoms with Crippen molar-refractivity contribution in [3.8, 4) is 0 Å². The van der Waals surface area contributed by atoms with E-state index in [1.54, 1.807) is 0 Å². The maximum Gasteiger partial charge on any atom is 0.328 e. The van der Waals surface area contributed by atoms with Crippen molar-refractivity contribution in [3.05, 3.63) is 12.2 Å². The number of hydrogen-bond acceptors (Lipinski definition) is 6. The number of nitrogens with two attached hydrogens (primary N) is 1. The Morgan fingerprint density at radius 2 is 1.76 bits per heavy atom. The van der Waals surface area contributed by atoms with Crippen LogP contribution in [0.15, 0.2) is 12.2 Å². The first-order chi connectivity index (χ1) is 11.6. The molecule has 8 nitrogen and oxygen atoms in total. The Hall–Kier alpha value is -1.48. The third-order valence-corrected chi connectivity index (χ3v) is 2.69. The lowest BCUT2D eigenvalue weighted by Crippen LogP contribution is -2.96. The highest BCUT2D eigenvalue weighted by molar-refractivity contribution is 5.88. The van der Waals surface area contributed by atoms with Crippen LogP contribution in [0.2, 0.25) is 0 Å². The molecule has 25 heavy (non-hydrogen) atoms. The molecule has 0 aliphatic carbocycles. The minimum absolute atomic E-state index is 0.157. The van der Waals surface area contributed by atoms with Crippen LogP contribution in [0.1, 0.15) is 40.5 Å². The molecule has 0 aromatic rings. The van der Waals surface area contributed by atoms with Gasteiger partial charge in [-0.15, -0.1) is 0 Å². The Morgan fingerprint density at radius 3 is 2.20 bits per heavy atom. The Labute approximate surface area is 149 Å². The number of carboxylic acid groups (broad SMARTS) is 2. The normalized spacial score (nSPS) is 12.5. The molecule has 0 aromatic carbocycles. The van der Waals surface area contributed by atoms with Crippen molar-refractivity contribution in [2.75, 3.05) is 33.0 Å². The molecule has 1 atom stereocenters. The van der Waals surface area contributed by atoms with Crippen molar-refractivity contribution in [2.24, 2.45) is 0 Å². The number of carboxylic acids is 2. The fraction of sp³-hybridized carbons (Fsp3) is 0.765. The van der Waals surface area contributed by atoms with E-state index in [0.717, 1.165) is 19.4 Å². The number of aliphatic carboxylic acids is 2. The standard InChI is InChI=1S/C13H29NO3.C4H4O4/c1-5-6-7-16-8-9-17-11-12(15)10-14-13(2,3)4;5-3(6)1-2-4(7)8/h12,14-15H,5-11H2,1-4H3;1-2H,(H,5,6)(H,7,8)/b;2-1+. The molecule has 0 aliphatic heterocycles. The number of hydrogen-bond donors (Lipinski definition) is 3. The minimum atomic E-state index is -1.51. The second kappa shape index (κ2) is 16.0. The van der Waals surface area contributed by atoms with Gasteiger partial charge < -0.3 is 34.9 Å². The summed E-state index contributed by atoms with van der Waals surface area (Å²) >= 11 is 0. The predicted octanol–water partition coefficient (Wildman–Crippen LogP) is -1.08. The van der Waals surface area contributed by atoms with Crippen LogP contribution in [0.25, 0.3) is 0 Å². The quantitative estimate of drug-likeness (QED) is 0.297. The molecule has 148 valence electrons. The molecule has 0 fully saturated rings. The van der Waals surface area contributed by atoms with E-state index in [2.05, 4.69) is 33.0 Å². The third-order valence-electron chi connectivity index (χ3n) is 2.69. The summed E-state index contributed by atoms with van der Waals surface area (Å²) in [5.41, 5.74) is 0.157. The molecule has 1 unspecified atom stereocenters. The molecule has 0 rings (SSSR count). The minimum Gasteiger partial charge on any atom is -0.545 e. The molecule has 0 spiro atoms. The van der Waals surface area contributed by atoms with Gasteiger partial charge in [-0.3, -0.25) is 0 Å². The summed E-state index contributed by atoms with van der Waals surface area (Å²) in [4.78, 5) is 19.0. The van der Waals surface area contributed by atoms with Crippen molar-refractivity contribution in [1.29, 1.82) is 0 Å². The molecule has 8 heteroatoms. The van der Waals surface area contributed by atoms with E-state index < -0.39 is 18.0 Å². The molecule has 0 amide bonds. The van der Waals surface area contributed by atoms with Gasteiger partial charge in [0.25, 0.3) is 0 Å². The van der Waals surface area contributed by atoms with Gasteiger partial charge in [0.05, 0.1) is 31.3 Å². The fourth-order valence-electron chi connectivity index (χ4n) is 1.38. The zero-order chi connectivity index (χ0) is 19.7. The van der Waals surface area contributed by atoms with Crippen LogP contribution >= 0.6 is 0 Å². The Kier molecular flexibility index (Phi) is 16.5. The Morgan fingerprint density at radius 1 is 1.16 bits per heavy atom. The molecule has 0 saturated heterocycles. The van der Waals surface area contributed by atoms with Gasteiger partial charge in [-0.2, -0.15) is 0 Å². The smallest absolute Gasteiger partial charge is 0.328 e. The number of aliphatic hydroxyl groups is 1. The first-order valence-corrected chi connectivity index (χ1v) is 8.38. The monoisotopic (exact) mass is 363 g/mol. The lowest BCUT2D eigenvalue weighted by atomic mass is 10.1. The van der Waals surface area contributed by atoms with E-state index in [9.17, 15) is 19.8 Å². The van der Waals surface area contributed by atoms with Crippen molar-refractivity contribution in [2.45, 2.75) is 52.2 Å². The highest BCUT2D eigenvalue weighted by Crippen LogP contribution is 1.91. The van der Waals surface area contributed by atoms with E-state index in [0.29, 0.717) is 38.5 Å². The van der Waals surface area contributed by atoms with E-state index in [1.165, 1.54) is 0 Å². The largest absolute Gasteiger partial charge is 0.545 e. The molecule has 4 N–H and O–H groups in total. The lowest BCUT2D eigenvalue weighted by Gasteiger charge is -2.19. The molecule has 0 heterocycles. The summed E-state index contributed by atoms with van der Waals surface area (Å²) in [6, 6.07) is 0. The molecular weight excluding hydrogens is 330 g/mol. The molecule has 0 radical (unpaired) electrons. The maximum absolute atomic E-state index is 9.66. The van der Waals surface area contributed by atoms with Gasteiger partial charge in [0.1, 0.15) is 12.6 Å². The number of quaternary nitrogens is 1. The third kappa shape index (κ3) is 27.6. The van der Waals surface area contributed by atoms with Crippen molar-refractivity contribution in [3.63, 3.8) is 0 Å². The number of carbonyl (C=O) groups excluding carboxylic acids is 1. The van der Waals surface area contributed by atoms with E-state index in [4.69, 9.17) is 14.6 Å². The van der Waals surface area contributed by atoms with Crippen LogP contribution in [-0.4, -0.2) is 66.8 Å². The van der Waals surface area contributed by atoms with Crippen LogP contribution in [0, 0.1) is 0 Å². The first kappa shape index (κ1) is 25.8. The summed E-state index contributed by atoms with van der Waals surface area (Å²) in [6.45, 7) is 11.6. The van der Waals surface area contributed by atoms with Crippen LogP contribution in [-0.2, 0) is 19.1 Å². The summed E-state index contributed by atoms with van der Waals surface area (Å²) in [7, 11) is 0. The lowest BCUT2D eigenvalue weighted by molar-refractivity contribution is -0.722. The van der Waals surface area contributed by atoms with E-state index in [-0.39, 0.29) is 5.54 Å². The summed E-state index contributed by atoms with van der Waals surface area (Å²) < 4.78 is 10.7. The maximum atomic E-state index is 9.66. The van der Waals surface area contributed by atoms with Gasteiger partial charge in [0, 0.05) is 12.7 Å². The van der Waals surface area contributed by atoms with E-state index in [1.807, 2.05) is 0 Å². The summed E-state index contributed by atoms with van der Waals surface area (Å²) in [5.74, 6) is -2.80. The van der Waals surface area contributed by atoms with Gasteiger partial charge >= 0.3 is 5.97 Å². The zero-order valence-electron chi connectivity index (χ0n) is 15.7. The number of ether oxygens (including phenoxy) is 2. The Balaban J connectivity index is 0. The van der Waals surface area contributed by atoms with E-state index >= 15 is 0 Å². The van der Waals surface area contributed by atoms with Gasteiger partial charge in [-0.05, 0) is 33.3 Å². The van der Waals surface area contributed by atoms with Gasteiger partial charge in [-0.1, -0.05) is 13.3 Å². The SMILES string of the molecule is CCCCOCCOCC(O)C[NH2+]C(C)(C)C.O=C([O-])/C=C/C(=O)O. The topological polar surface area (TPSA) is 133 Å². The summed E-state index contributed by atoms with van der Waals surface area (Å²) in [5, 5.41) is 29.0. The number of unbranched alkanes of at least 4 members (excludes halogenated alkanes) is 1. The first-order valence-electron chi connectivity index (χ1n) is 8.38. The van der Waals surface area contributed by atoms with Crippen molar-refractivity contribution < 1.29 is 39.7 Å². The van der Waals surface area contributed by atoms with Crippen LogP contribution in [0.3, 0.4) is 0 Å². The number of aliphatic hydroxyl groups excluding tert-OH is 1. The van der Waals surface area contributed by atoms with Gasteiger partial charge in [0.2, 0.25) is 0 Å². The predicted molar refractivity (Wildman–Crippen MR) is 90.9 cm³/mol. The van der Waals surface area contributed by atoms with Crippen molar-refractivity contribution >= 4 is 11.9 Å². The highest BCUT2D eigenvalue weighted by Gasteiger charge is 2.15. The highest BCUT2D eigenvalue weighted by atomic mass is 16.5. The van der Waals surface area contributed by atoms with Crippen LogP contribution < -0.4 is 10.4 Å².